The molecule has 1 aromatic carbocycles. The zero-order valence-corrected chi connectivity index (χ0v) is 12.0. The number of hydrogen-bond donors (Lipinski definition) is 1. The first-order chi connectivity index (χ1) is 8.63. The van der Waals surface area contributed by atoms with Crippen molar-refractivity contribution in [1.29, 1.82) is 0 Å². The minimum Gasteiger partial charge on any atom is -0.494 e. The summed E-state index contributed by atoms with van der Waals surface area (Å²) in [6.07, 6.45) is 2.76. The molecule has 0 aromatic heterocycles. The Labute approximate surface area is 113 Å². The van der Waals surface area contributed by atoms with Gasteiger partial charge in [0.1, 0.15) is 5.75 Å². The van der Waals surface area contributed by atoms with E-state index in [0.717, 1.165) is 24.3 Å². The zero-order chi connectivity index (χ0) is 13.4. The first kappa shape index (κ1) is 15.1. The number of thioether (sulfide) groups is 1. The number of rotatable bonds is 7. The van der Waals surface area contributed by atoms with Crippen LogP contribution < -0.4 is 10.1 Å². The molecule has 3 nitrogen and oxygen atoms in total. The van der Waals surface area contributed by atoms with Gasteiger partial charge in [-0.3, -0.25) is 4.79 Å². The van der Waals surface area contributed by atoms with E-state index in [1.165, 1.54) is 11.8 Å². The van der Waals surface area contributed by atoms with Crippen LogP contribution in [0.5, 0.6) is 5.75 Å². The molecule has 0 heterocycles. The fourth-order valence-electron chi connectivity index (χ4n) is 1.46. The predicted molar refractivity (Wildman–Crippen MR) is 77.5 cm³/mol. The summed E-state index contributed by atoms with van der Waals surface area (Å²) >= 11 is 1.22. The third kappa shape index (κ3) is 5.56. The van der Waals surface area contributed by atoms with E-state index in [2.05, 4.69) is 19.2 Å². The molecule has 4 heteroatoms. The maximum absolute atomic E-state index is 11.4. The Morgan fingerprint density at radius 1 is 1.33 bits per heavy atom. The Bertz CT molecular complexity index is 363. The van der Waals surface area contributed by atoms with E-state index in [9.17, 15) is 4.79 Å². The summed E-state index contributed by atoms with van der Waals surface area (Å²) in [6, 6.07) is 7.82. The second-order valence-corrected chi connectivity index (χ2v) is 5.11. The van der Waals surface area contributed by atoms with E-state index in [4.69, 9.17) is 4.74 Å². The van der Waals surface area contributed by atoms with Gasteiger partial charge in [-0.1, -0.05) is 25.6 Å². The van der Waals surface area contributed by atoms with Gasteiger partial charge in [0.25, 0.3) is 0 Å². The number of nitrogens with one attached hydrogen (secondary N) is 1. The van der Waals surface area contributed by atoms with Gasteiger partial charge < -0.3 is 10.1 Å². The van der Waals surface area contributed by atoms with Crippen LogP contribution in [0.3, 0.4) is 0 Å². The van der Waals surface area contributed by atoms with Crippen molar-refractivity contribution in [3.8, 4) is 5.75 Å². The molecule has 0 aliphatic carbocycles. The lowest BCUT2D eigenvalue weighted by molar-refractivity contribution is 0.108. The van der Waals surface area contributed by atoms with Gasteiger partial charge in [0.05, 0.1) is 6.61 Å². The molecule has 0 fully saturated rings. The lowest BCUT2D eigenvalue weighted by atomic mass is 10.2. The van der Waals surface area contributed by atoms with Gasteiger partial charge in [0.15, 0.2) is 0 Å². The van der Waals surface area contributed by atoms with Crippen LogP contribution in [0.2, 0.25) is 0 Å². The minimum atomic E-state index is 0.0858. The van der Waals surface area contributed by atoms with Crippen molar-refractivity contribution in [2.24, 2.45) is 0 Å². The Kier molecular flexibility index (Phi) is 6.83. The van der Waals surface area contributed by atoms with E-state index in [-0.39, 0.29) is 5.12 Å². The molecule has 0 radical (unpaired) electrons. The normalized spacial score (nSPS) is 10.7. The van der Waals surface area contributed by atoms with E-state index in [1.54, 1.807) is 18.4 Å². The average molecular weight is 267 g/mol. The molecule has 0 unspecified atom stereocenters. The number of hydrogen-bond acceptors (Lipinski definition) is 4. The Hall–Kier alpha value is -1.00. The minimum absolute atomic E-state index is 0.0858. The number of carbonyl (C=O) groups excluding carboxylic acids is 1. The number of benzene rings is 1. The van der Waals surface area contributed by atoms with Gasteiger partial charge in [-0.2, -0.15) is 0 Å². The topological polar surface area (TPSA) is 38.3 Å². The quantitative estimate of drug-likeness (QED) is 0.771. The lowest BCUT2D eigenvalue weighted by Gasteiger charge is -2.09. The molecule has 0 saturated carbocycles. The molecule has 0 atom stereocenters. The molecule has 1 aromatic rings. The SMILES string of the molecule is CSC(=O)c1ccc(OCCCNC(C)C)cc1. The summed E-state index contributed by atoms with van der Waals surface area (Å²) in [4.78, 5) is 11.4. The number of carbonyl (C=O) groups is 1. The molecule has 100 valence electrons. The molecule has 1 rings (SSSR count). The van der Waals surface area contributed by atoms with Crippen LogP contribution >= 0.6 is 11.8 Å². The molecule has 18 heavy (non-hydrogen) atoms. The molecule has 0 aliphatic rings. The van der Waals surface area contributed by atoms with Crippen molar-refractivity contribution < 1.29 is 9.53 Å². The molecule has 0 amide bonds. The molecule has 1 N–H and O–H groups in total. The first-order valence-electron chi connectivity index (χ1n) is 6.18. The van der Waals surface area contributed by atoms with Gasteiger partial charge in [-0.05, 0) is 43.5 Å². The molecular weight excluding hydrogens is 246 g/mol. The fourth-order valence-corrected chi connectivity index (χ4v) is 1.83. The second-order valence-electron chi connectivity index (χ2n) is 4.33. The lowest BCUT2D eigenvalue weighted by Crippen LogP contribution is -2.24. The van der Waals surface area contributed by atoms with Crippen LogP contribution in [-0.2, 0) is 0 Å². The van der Waals surface area contributed by atoms with E-state index >= 15 is 0 Å². The standard InChI is InChI=1S/C14H21NO2S/c1-11(2)15-9-4-10-17-13-7-5-12(6-8-13)14(16)18-3/h5-8,11,15H,4,9-10H2,1-3H3. The fraction of sp³-hybridized carbons (Fsp3) is 0.500. The zero-order valence-electron chi connectivity index (χ0n) is 11.2. The first-order valence-corrected chi connectivity index (χ1v) is 7.40. The van der Waals surface area contributed by atoms with Crippen molar-refractivity contribution in [1.82, 2.24) is 5.32 Å². The molecule has 0 spiro atoms. The summed E-state index contributed by atoms with van der Waals surface area (Å²) in [7, 11) is 0. The average Bonchev–Trinajstić information content (AvgIpc) is 2.38. The third-order valence-corrected chi connectivity index (χ3v) is 3.02. The Morgan fingerprint density at radius 2 is 2.00 bits per heavy atom. The van der Waals surface area contributed by atoms with Gasteiger partial charge in [0, 0.05) is 11.6 Å². The van der Waals surface area contributed by atoms with E-state index in [1.807, 2.05) is 12.1 Å². The van der Waals surface area contributed by atoms with Crippen molar-refractivity contribution >= 4 is 16.9 Å². The van der Waals surface area contributed by atoms with E-state index in [0.29, 0.717) is 12.6 Å². The van der Waals surface area contributed by atoms with E-state index < -0.39 is 0 Å². The van der Waals surface area contributed by atoms with Crippen LogP contribution in [0.25, 0.3) is 0 Å². The maximum atomic E-state index is 11.4. The summed E-state index contributed by atoms with van der Waals surface area (Å²) in [5.41, 5.74) is 0.719. The van der Waals surface area contributed by atoms with Gasteiger partial charge in [0.2, 0.25) is 5.12 Å². The molecule has 0 bridgehead atoms. The van der Waals surface area contributed by atoms with Crippen molar-refractivity contribution in [3.63, 3.8) is 0 Å². The smallest absolute Gasteiger partial charge is 0.219 e. The van der Waals surface area contributed by atoms with Crippen LogP contribution in [0.1, 0.15) is 30.6 Å². The van der Waals surface area contributed by atoms with Crippen LogP contribution in [0, 0.1) is 0 Å². The van der Waals surface area contributed by atoms with Crippen molar-refractivity contribution in [2.45, 2.75) is 26.3 Å². The van der Waals surface area contributed by atoms with Crippen LogP contribution in [0.15, 0.2) is 24.3 Å². The van der Waals surface area contributed by atoms with Crippen LogP contribution in [0.4, 0.5) is 0 Å². The molecular formula is C14H21NO2S. The monoisotopic (exact) mass is 267 g/mol. The van der Waals surface area contributed by atoms with Gasteiger partial charge in [-0.15, -0.1) is 0 Å². The maximum Gasteiger partial charge on any atom is 0.219 e. The van der Waals surface area contributed by atoms with Crippen molar-refractivity contribution in [3.05, 3.63) is 29.8 Å². The summed E-state index contributed by atoms with van der Waals surface area (Å²) < 4.78 is 5.60. The second kappa shape index (κ2) is 8.16. The largest absolute Gasteiger partial charge is 0.494 e. The Balaban J connectivity index is 2.29. The van der Waals surface area contributed by atoms with Crippen molar-refractivity contribution in [2.75, 3.05) is 19.4 Å². The summed E-state index contributed by atoms with van der Waals surface area (Å²) in [5, 5.41) is 3.42. The van der Waals surface area contributed by atoms with Gasteiger partial charge >= 0.3 is 0 Å². The highest BCUT2D eigenvalue weighted by Gasteiger charge is 2.03. The highest BCUT2D eigenvalue weighted by Crippen LogP contribution is 2.15. The number of ether oxygens (including phenoxy) is 1. The highest BCUT2D eigenvalue weighted by molar-refractivity contribution is 8.13. The predicted octanol–water partition coefficient (Wildman–Crippen LogP) is 2.96. The van der Waals surface area contributed by atoms with Gasteiger partial charge in [-0.25, -0.2) is 0 Å². The molecule has 0 saturated heterocycles. The molecule has 0 aliphatic heterocycles. The Morgan fingerprint density at radius 3 is 2.56 bits per heavy atom. The highest BCUT2D eigenvalue weighted by atomic mass is 32.2. The summed E-state index contributed by atoms with van der Waals surface area (Å²) in [6.45, 7) is 5.90. The van der Waals surface area contributed by atoms with Crippen LogP contribution in [-0.4, -0.2) is 30.6 Å². The summed E-state index contributed by atoms with van der Waals surface area (Å²) in [5.74, 6) is 0.817. The third-order valence-electron chi connectivity index (χ3n) is 2.42.